The van der Waals surface area contributed by atoms with Crippen LogP contribution in [0, 0.1) is 6.92 Å². The zero-order chi connectivity index (χ0) is 18.7. The minimum atomic E-state index is -3.99. The molecule has 134 valence electrons. The average Bonchev–Trinajstić information content (AvgIpc) is 3.07. The fraction of sp³-hybridized carbons (Fsp3) is 0.105. The molecule has 1 N–H and O–H groups in total. The first-order chi connectivity index (χ1) is 12.4. The predicted molar refractivity (Wildman–Crippen MR) is 103 cm³/mol. The summed E-state index contributed by atoms with van der Waals surface area (Å²) in [6.07, 6.45) is 0. The zero-order valence-corrected chi connectivity index (χ0v) is 15.9. The molecule has 1 aromatic heterocycles. The lowest BCUT2D eigenvalue weighted by Gasteiger charge is -2.11. The smallest absolute Gasteiger partial charge is 0.349 e. The van der Waals surface area contributed by atoms with Gasteiger partial charge >= 0.3 is 5.97 Å². The van der Waals surface area contributed by atoms with Crippen molar-refractivity contribution in [2.45, 2.75) is 11.8 Å². The van der Waals surface area contributed by atoms with E-state index in [1.807, 2.05) is 31.2 Å². The van der Waals surface area contributed by atoms with Gasteiger partial charge in [-0.15, -0.1) is 11.3 Å². The van der Waals surface area contributed by atoms with E-state index in [0.717, 1.165) is 16.9 Å². The maximum atomic E-state index is 13.1. The standard InChI is InChI=1S/C19H17NO4S2/c1-13-7-6-10-15(11-13)20-26(22,23)18-16(14-8-4-3-5-9-14)12-25-17(18)19(21)24-2/h3-12,20H,1-2H3. The van der Waals surface area contributed by atoms with E-state index in [2.05, 4.69) is 4.72 Å². The van der Waals surface area contributed by atoms with Crippen molar-refractivity contribution in [2.24, 2.45) is 0 Å². The Hall–Kier alpha value is -2.64. The van der Waals surface area contributed by atoms with Crippen LogP contribution < -0.4 is 4.72 Å². The Kier molecular flexibility index (Phi) is 5.11. The number of ether oxygens (including phenoxy) is 1. The lowest BCUT2D eigenvalue weighted by molar-refractivity contribution is 0.0602. The number of esters is 1. The van der Waals surface area contributed by atoms with Gasteiger partial charge in [-0.1, -0.05) is 42.5 Å². The number of nitrogens with one attached hydrogen (secondary N) is 1. The van der Waals surface area contributed by atoms with Crippen LogP contribution in [-0.4, -0.2) is 21.5 Å². The first-order valence-electron chi connectivity index (χ1n) is 7.77. The van der Waals surface area contributed by atoms with Crippen LogP contribution in [0.3, 0.4) is 0 Å². The molecule has 3 aromatic rings. The van der Waals surface area contributed by atoms with Gasteiger partial charge < -0.3 is 4.74 Å². The maximum absolute atomic E-state index is 13.1. The van der Waals surface area contributed by atoms with Crippen LogP contribution in [0.25, 0.3) is 11.1 Å². The number of hydrogen-bond acceptors (Lipinski definition) is 5. The van der Waals surface area contributed by atoms with Crippen molar-refractivity contribution < 1.29 is 17.9 Å². The molecule has 3 rings (SSSR count). The molecule has 0 aliphatic rings. The molecule has 0 unspecified atom stereocenters. The van der Waals surface area contributed by atoms with Gasteiger partial charge in [0.2, 0.25) is 0 Å². The summed E-state index contributed by atoms with van der Waals surface area (Å²) >= 11 is 1.05. The Morgan fingerprint density at radius 3 is 2.46 bits per heavy atom. The van der Waals surface area contributed by atoms with Gasteiger partial charge in [0.05, 0.1) is 7.11 Å². The van der Waals surface area contributed by atoms with Crippen LogP contribution in [0.5, 0.6) is 0 Å². The fourth-order valence-corrected chi connectivity index (χ4v) is 5.35. The third-order valence-corrected chi connectivity index (χ3v) is 6.30. The lowest BCUT2D eigenvalue weighted by Crippen LogP contribution is -2.16. The Bertz CT molecular complexity index is 1040. The molecule has 0 fully saturated rings. The van der Waals surface area contributed by atoms with Gasteiger partial charge in [0.25, 0.3) is 10.0 Å². The van der Waals surface area contributed by atoms with Crippen LogP contribution in [0.1, 0.15) is 15.2 Å². The van der Waals surface area contributed by atoms with Crippen molar-refractivity contribution >= 4 is 33.0 Å². The minimum Gasteiger partial charge on any atom is -0.465 e. The summed E-state index contributed by atoms with van der Waals surface area (Å²) in [6, 6.07) is 16.1. The number of sulfonamides is 1. The topological polar surface area (TPSA) is 72.5 Å². The molecule has 0 amide bonds. The van der Waals surface area contributed by atoms with Crippen LogP contribution in [-0.2, 0) is 14.8 Å². The third kappa shape index (κ3) is 3.63. The highest BCUT2D eigenvalue weighted by atomic mass is 32.2. The maximum Gasteiger partial charge on any atom is 0.349 e. The summed E-state index contributed by atoms with van der Waals surface area (Å²) in [7, 11) is -2.76. The number of aryl methyl sites for hydroxylation is 1. The molecular weight excluding hydrogens is 370 g/mol. The number of rotatable bonds is 5. The molecule has 0 radical (unpaired) electrons. The normalized spacial score (nSPS) is 11.2. The van der Waals surface area contributed by atoms with E-state index in [1.165, 1.54) is 7.11 Å². The van der Waals surface area contributed by atoms with Crippen molar-refractivity contribution in [1.82, 2.24) is 0 Å². The van der Waals surface area contributed by atoms with Crippen molar-refractivity contribution in [3.63, 3.8) is 0 Å². The second kappa shape index (κ2) is 7.31. The highest BCUT2D eigenvalue weighted by molar-refractivity contribution is 7.93. The van der Waals surface area contributed by atoms with Gasteiger partial charge in [-0.2, -0.15) is 0 Å². The zero-order valence-electron chi connectivity index (χ0n) is 14.2. The number of benzene rings is 2. The molecule has 0 atom stereocenters. The summed E-state index contributed by atoms with van der Waals surface area (Å²) < 4.78 is 33.5. The van der Waals surface area contributed by atoms with E-state index in [0.29, 0.717) is 16.8 Å². The summed E-state index contributed by atoms with van der Waals surface area (Å²) in [6.45, 7) is 1.87. The van der Waals surface area contributed by atoms with Gasteiger partial charge in [-0.05, 0) is 30.2 Å². The predicted octanol–water partition coefficient (Wildman–Crippen LogP) is 4.31. The Balaban J connectivity index is 2.15. The highest BCUT2D eigenvalue weighted by Crippen LogP contribution is 2.36. The van der Waals surface area contributed by atoms with E-state index >= 15 is 0 Å². The largest absolute Gasteiger partial charge is 0.465 e. The molecule has 0 aliphatic heterocycles. The average molecular weight is 387 g/mol. The lowest BCUT2D eigenvalue weighted by atomic mass is 10.1. The first kappa shape index (κ1) is 18.2. The van der Waals surface area contributed by atoms with Gasteiger partial charge in [-0.25, -0.2) is 13.2 Å². The number of methoxy groups -OCH3 is 1. The molecule has 0 spiro atoms. The second-order valence-corrected chi connectivity index (χ2v) is 8.14. The number of thiophene rings is 1. The van der Waals surface area contributed by atoms with Gasteiger partial charge in [-0.3, -0.25) is 4.72 Å². The molecular formula is C19H17NO4S2. The third-order valence-electron chi connectivity index (χ3n) is 3.74. The fourth-order valence-electron chi connectivity index (χ4n) is 2.58. The monoisotopic (exact) mass is 387 g/mol. The van der Waals surface area contributed by atoms with Crippen LogP contribution >= 0.6 is 11.3 Å². The molecule has 7 heteroatoms. The van der Waals surface area contributed by atoms with E-state index < -0.39 is 16.0 Å². The van der Waals surface area contributed by atoms with E-state index in [1.54, 1.807) is 35.7 Å². The van der Waals surface area contributed by atoms with Crippen molar-refractivity contribution in [3.05, 3.63) is 70.4 Å². The van der Waals surface area contributed by atoms with Gasteiger partial charge in [0.15, 0.2) is 0 Å². The number of carbonyl (C=O) groups excluding carboxylic acids is 1. The van der Waals surface area contributed by atoms with Crippen molar-refractivity contribution in [1.29, 1.82) is 0 Å². The number of anilines is 1. The Labute approximate surface area is 156 Å². The Morgan fingerprint density at radius 1 is 1.08 bits per heavy atom. The molecule has 26 heavy (non-hydrogen) atoms. The molecule has 0 saturated carbocycles. The first-order valence-corrected chi connectivity index (χ1v) is 10.1. The molecule has 0 aliphatic carbocycles. The summed E-state index contributed by atoms with van der Waals surface area (Å²) in [4.78, 5) is 12.1. The minimum absolute atomic E-state index is 0.0477. The van der Waals surface area contributed by atoms with E-state index in [-0.39, 0.29) is 9.77 Å². The van der Waals surface area contributed by atoms with Crippen LogP contribution in [0.15, 0.2) is 64.9 Å². The van der Waals surface area contributed by atoms with Crippen molar-refractivity contribution in [3.8, 4) is 11.1 Å². The summed E-state index contributed by atoms with van der Waals surface area (Å²) in [5.74, 6) is -0.679. The second-order valence-electron chi connectivity index (χ2n) is 5.64. The molecule has 0 bridgehead atoms. The molecule has 2 aromatic carbocycles. The highest BCUT2D eigenvalue weighted by Gasteiger charge is 2.29. The SMILES string of the molecule is COC(=O)c1scc(-c2ccccc2)c1S(=O)(=O)Nc1cccc(C)c1. The van der Waals surface area contributed by atoms with Crippen LogP contribution in [0.4, 0.5) is 5.69 Å². The summed E-state index contributed by atoms with van der Waals surface area (Å²) in [5.41, 5.74) is 2.54. The van der Waals surface area contributed by atoms with Gasteiger partial charge in [0, 0.05) is 16.6 Å². The molecule has 0 saturated heterocycles. The molecule has 1 heterocycles. The van der Waals surface area contributed by atoms with E-state index in [4.69, 9.17) is 4.74 Å². The van der Waals surface area contributed by atoms with E-state index in [9.17, 15) is 13.2 Å². The molecule has 5 nitrogen and oxygen atoms in total. The van der Waals surface area contributed by atoms with Crippen molar-refractivity contribution in [2.75, 3.05) is 11.8 Å². The van der Waals surface area contributed by atoms with Gasteiger partial charge in [0.1, 0.15) is 9.77 Å². The number of hydrogen-bond donors (Lipinski definition) is 1. The quantitative estimate of drug-likeness (QED) is 0.662. The Morgan fingerprint density at radius 2 is 1.81 bits per heavy atom. The summed E-state index contributed by atoms with van der Waals surface area (Å²) in [5, 5.41) is 1.66. The number of carbonyl (C=O) groups is 1. The van der Waals surface area contributed by atoms with Crippen LogP contribution in [0.2, 0.25) is 0 Å².